The zero-order valence-electron chi connectivity index (χ0n) is 13.6. The maximum atomic E-state index is 12.3. The third-order valence-electron chi connectivity index (χ3n) is 4.24. The highest BCUT2D eigenvalue weighted by Gasteiger charge is 2.29. The smallest absolute Gasteiger partial charge is 0.214 e. The SMILES string of the molecule is CC1CCCC(N(C)S(=O)(=O)CCCCNC(C)C)C1. The molecule has 20 heavy (non-hydrogen) atoms. The van der Waals surface area contributed by atoms with E-state index < -0.39 is 10.0 Å². The molecular weight excluding hydrogens is 272 g/mol. The zero-order chi connectivity index (χ0) is 15.2. The fraction of sp³-hybridized carbons (Fsp3) is 1.00. The summed E-state index contributed by atoms with van der Waals surface area (Å²) in [6.07, 6.45) is 6.11. The summed E-state index contributed by atoms with van der Waals surface area (Å²) in [7, 11) is -1.31. The number of unbranched alkanes of at least 4 members (excludes halogenated alkanes) is 1. The molecule has 1 rings (SSSR count). The fourth-order valence-corrected chi connectivity index (χ4v) is 4.41. The molecule has 1 N–H and O–H groups in total. The van der Waals surface area contributed by atoms with Gasteiger partial charge in [0.05, 0.1) is 5.75 Å². The Balaban J connectivity index is 2.35. The molecular formula is C15H32N2O2S. The van der Waals surface area contributed by atoms with Crippen molar-refractivity contribution in [3.8, 4) is 0 Å². The molecule has 0 saturated heterocycles. The Morgan fingerprint density at radius 1 is 1.25 bits per heavy atom. The molecule has 0 radical (unpaired) electrons. The molecule has 2 atom stereocenters. The Morgan fingerprint density at radius 2 is 1.95 bits per heavy atom. The predicted molar refractivity (Wildman–Crippen MR) is 85.3 cm³/mol. The van der Waals surface area contributed by atoms with E-state index in [1.807, 2.05) is 0 Å². The van der Waals surface area contributed by atoms with Crippen molar-refractivity contribution in [3.63, 3.8) is 0 Å². The molecule has 0 aromatic rings. The number of hydrogen-bond donors (Lipinski definition) is 1. The molecule has 5 heteroatoms. The highest BCUT2D eigenvalue weighted by Crippen LogP contribution is 2.28. The van der Waals surface area contributed by atoms with E-state index in [2.05, 4.69) is 26.1 Å². The molecule has 120 valence electrons. The molecule has 0 amide bonds. The molecule has 1 aliphatic carbocycles. The zero-order valence-corrected chi connectivity index (χ0v) is 14.4. The van der Waals surface area contributed by atoms with Crippen LogP contribution >= 0.6 is 0 Å². The van der Waals surface area contributed by atoms with Crippen LogP contribution in [-0.4, -0.2) is 44.2 Å². The molecule has 0 aromatic carbocycles. The summed E-state index contributed by atoms with van der Waals surface area (Å²) in [6.45, 7) is 7.34. The standard InChI is InChI=1S/C15H32N2O2S/c1-13(2)16-10-5-6-11-20(18,19)17(4)15-9-7-8-14(3)12-15/h13-16H,5-12H2,1-4H3. The number of rotatable bonds is 8. The molecule has 0 aliphatic heterocycles. The first-order valence-electron chi connectivity index (χ1n) is 8.02. The van der Waals surface area contributed by atoms with Gasteiger partial charge in [-0.2, -0.15) is 0 Å². The van der Waals surface area contributed by atoms with Crippen molar-refractivity contribution >= 4 is 10.0 Å². The van der Waals surface area contributed by atoms with Gasteiger partial charge in [0.15, 0.2) is 0 Å². The van der Waals surface area contributed by atoms with Crippen LogP contribution in [0.3, 0.4) is 0 Å². The monoisotopic (exact) mass is 304 g/mol. The van der Waals surface area contributed by atoms with E-state index in [9.17, 15) is 8.42 Å². The van der Waals surface area contributed by atoms with Crippen molar-refractivity contribution in [2.45, 2.75) is 71.4 Å². The van der Waals surface area contributed by atoms with E-state index in [4.69, 9.17) is 0 Å². The molecule has 0 aromatic heterocycles. The van der Waals surface area contributed by atoms with Crippen LogP contribution in [0.15, 0.2) is 0 Å². The van der Waals surface area contributed by atoms with E-state index in [0.717, 1.165) is 38.6 Å². The second-order valence-electron chi connectivity index (χ2n) is 6.57. The third-order valence-corrected chi connectivity index (χ3v) is 6.22. The molecule has 1 aliphatic rings. The Bertz CT molecular complexity index is 368. The van der Waals surface area contributed by atoms with Gasteiger partial charge in [-0.3, -0.25) is 0 Å². The third kappa shape index (κ3) is 6.10. The number of sulfonamides is 1. The van der Waals surface area contributed by atoms with Crippen LogP contribution in [-0.2, 0) is 10.0 Å². The summed E-state index contributed by atoms with van der Waals surface area (Å²) in [4.78, 5) is 0. The summed E-state index contributed by atoms with van der Waals surface area (Å²) in [5.41, 5.74) is 0. The summed E-state index contributed by atoms with van der Waals surface area (Å²) in [5.74, 6) is 0.940. The van der Waals surface area contributed by atoms with Crippen LogP contribution in [0, 0.1) is 5.92 Å². The van der Waals surface area contributed by atoms with E-state index in [0.29, 0.717) is 12.0 Å². The first kappa shape index (κ1) is 17.9. The predicted octanol–water partition coefficient (Wildman–Crippen LogP) is 2.60. The maximum Gasteiger partial charge on any atom is 0.214 e. The van der Waals surface area contributed by atoms with E-state index >= 15 is 0 Å². The normalized spacial score (nSPS) is 24.5. The Kier molecular flexibility index (Phi) is 7.48. The molecule has 4 nitrogen and oxygen atoms in total. The van der Waals surface area contributed by atoms with Gasteiger partial charge in [0, 0.05) is 19.1 Å². The van der Waals surface area contributed by atoms with Crippen LogP contribution in [0.1, 0.15) is 59.3 Å². The van der Waals surface area contributed by atoms with Gasteiger partial charge >= 0.3 is 0 Å². The van der Waals surface area contributed by atoms with E-state index in [1.54, 1.807) is 11.4 Å². The topological polar surface area (TPSA) is 49.4 Å². The van der Waals surface area contributed by atoms with Crippen molar-refractivity contribution in [1.29, 1.82) is 0 Å². The van der Waals surface area contributed by atoms with Crippen molar-refractivity contribution in [2.24, 2.45) is 5.92 Å². The van der Waals surface area contributed by atoms with E-state index in [-0.39, 0.29) is 11.8 Å². The second kappa shape index (κ2) is 8.35. The largest absolute Gasteiger partial charge is 0.315 e. The van der Waals surface area contributed by atoms with Crippen LogP contribution in [0.4, 0.5) is 0 Å². The van der Waals surface area contributed by atoms with Crippen molar-refractivity contribution in [3.05, 3.63) is 0 Å². The molecule has 0 heterocycles. The minimum atomic E-state index is -3.08. The van der Waals surface area contributed by atoms with Gasteiger partial charge in [0.2, 0.25) is 10.0 Å². The Labute approximate surface area is 125 Å². The minimum absolute atomic E-state index is 0.220. The Morgan fingerprint density at radius 3 is 2.55 bits per heavy atom. The van der Waals surface area contributed by atoms with Crippen molar-refractivity contribution in [1.82, 2.24) is 9.62 Å². The van der Waals surface area contributed by atoms with Gasteiger partial charge < -0.3 is 5.32 Å². The molecule has 2 unspecified atom stereocenters. The van der Waals surface area contributed by atoms with Gasteiger partial charge in [-0.15, -0.1) is 0 Å². The van der Waals surface area contributed by atoms with Gasteiger partial charge in [-0.1, -0.05) is 33.6 Å². The molecule has 1 fully saturated rings. The van der Waals surface area contributed by atoms with Crippen LogP contribution < -0.4 is 5.32 Å². The lowest BCUT2D eigenvalue weighted by Gasteiger charge is -2.33. The lowest BCUT2D eigenvalue weighted by molar-refractivity contribution is 0.239. The summed E-state index contributed by atoms with van der Waals surface area (Å²) < 4.78 is 26.3. The highest BCUT2D eigenvalue weighted by atomic mass is 32.2. The van der Waals surface area contributed by atoms with Crippen LogP contribution in [0.2, 0.25) is 0 Å². The minimum Gasteiger partial charge on any atom is -0.315 e. The molecule has 1 saturated carbocycles. The van der Waals surface area contributed by atoms with Crippen molar-refractivity contribution in [2.75, 3.05) is 19.3 Å². The first-order valence-corrected chi connectivity index (χ1v) is 9.63. The van der Waals surface area contributed by atoms with Crippen LogP contribution in [0.5, 0.6) is 0 Å². The van der Waals surface area contributed by atoms with E-state index in [1.165, 1.54) is 6.42 Å². The lowest BCUT2D eigenvalue weighted by Crippen LogP contribution is -2.41. The quantitative estimate of drug-likeness (QED) is 0.701. The summed E-state index contributed by atoms with van der Waals surface area (Å²) >= 11 is 0. The number of nitrogens with one attached hydrogen (secondary N) is 1. The molecule has 0 spiro atoms. The number of hydrogen-bond acceptors (Lipinski definition) is 3. The highest BCUT2D eigenvalue weighted by molar-refractivity contribution is 7.89. The molecule has 0 bridgehead atoms. The average Bonchev–Trinajstić information content (AvgIpc) is 2.37. The Hall–Kier alpha value is -0.130. The summed E-state index contributed by atoms with van der Waals surface area (Å²) in [6, 6.07) is 0.690. The lowest BCUT2D eigenvalue weighted by atomic mass is 9.87. The average molecular weight is 305 g/mol. The second-order valence-corrected chi connectivity index (χ2v) is 8.72. The fourth-order valence-electron chi connectivity index (χ4n) is 2.90. The van der Waals surface area contributed by atoms with Crippen LogP contribution in [0.25, 0.3) is 0 Å². The van der Waals surface area contributed by atoms with Gasteiger partial charge in [-0.05, 0) is 38.1 Å². The van der Waals surface area contributed by atoms with Crippen molar-refractivity contribution < 1.29 is 8.42 Å². The van der Waals surface area contributed by atoms with Gasteiger partial charge in [0.25, 0.3) is 0 Å². The van der Waals surface area contributed by atoms with Gasteiger partial charge in [0.1, 0.15) is 0 Å². The van der Waals surface area contributed by atoms with Gasteiger partial charge in [-0.25, -0.2) is 12.7 Å². The number of nitrogens with zero attached hydrogens (tertiary/aromatic N) is 1. The first-order chi connectivity index (χ1) is 9.33. The maximum absolute atomic E-state index is 12.3. The summed E-state index contributed by atoms with van der Waals surface area (Å²) in [5, 5.41) is 3.32.